The maximum atomic E-state index is 5.76. The van der Waals surface area contributed by atoms with E-state index in [1.54, 1.807) is 7.11 Å². The summed E-state index contributed by atoms with van der Waals surface area (Å²) in [5.41, 5.74) is 12.3. The zero-order valence-corrected chi connectivity index (χ0v) is 17.9. The van der Waals surface area contributed by atoms with Crippen LogP contribution in [0, 0.1) is 6.92 Å². The second-order valence-corrected chi connectivity index (χ2v) is 7.53. The van der Waals surface area contributed by atoms with Gasteiger partial charge >= 0.3 is 0 Å². The minimum atomic E-state index is 0.652. The lowest BCUT2D eigenvalue weighted by Gasteiger charge is -2.12. The zero-order chi connectivity index (χ0) is 21.1. The molecule has 30 heavy (non-hydrogen) atoms. The summed E-state index contributed by atoms with van der Waals surface area (Å²) in [7, 11) is 1.69. The SMILES string of the molecule is CCOc1ccc2[nH]c(-c3ccc(OC)c4nc(C)ccc34)c(CCCCN)c2c1. The maximum Gasteiger partial charge on any atom is 0.145 e. The van der Waals surface area contributed by atoms with Crippen molar-refractivity contribution in [3.05, 3.63) is 53.7 Å². The smallest absolute Gasteiger partial charge is 0.145 e. The summed E-state index contributed by atoms with van der Waals surface area (Å²) >= 11 is 0. The molecule has 0 unspecified atom stereocenters. The van der Waals surface area contributed by atoms with Gasteiger partial charge in [-0.3, -0.25) is 0 Å². The lowest BCUT2D eigenvalue weighted by atomic mass is 9.97. The first kappa shape index (κ1) is 20.2. The molecular formula is C25H29N3O2. The average molecular weight is 404 g/mol. The number of methoxy groups -OCH3 is 1. The van der Waals surface area contributed by atoms with Gasteiger partial charge in [-0.05, 0) is 81.6 Å². The van der Waals surface area contributed by atoms with E-state index in [-0.39, 0.29) is 0 Å². The molecule has 5 heteroatoms. The molecule has 0 aliphatic heterocycles. The number of aromatic nitrogens is 2. The highest BCUT2D eigenvalue weighted by atomic mass is 16.5. The molecule has 5 nitrogen and oxygen atoms in total. The minimum absolute atomic E-state index is 0.652. The van der Waals surface area contributed by atoms with Gasteiger partial charge < -0.3 is 20.2 Å². The Morgan fingerprint density at radius 3 is 2.67 bits per heavy atom. The predicted octanol–water partition coefficient (Wildman–Crippen LogP) is 5.38. The van der Waals surface area contributed by atoms with Crippen molar-refractivity contribution in [3.8, 4) is 22.8 Å². The number of ether oxygens (including phenoxy) is 2. The van der Waals surface area contributed by atoms with Gasteiger partial charge in [0.2, 0.25) is 0 Å². The summed E-state index contributed by atoms with van der Waals surface area (Å²) in [5, 5.41) is 2.29. The van der Waals surface area contributed by atoms with E-state index in [2.05, 4.69) is 35.3 Å². The Labute approximate surface area is 177 Å². The Morgan fingerprint density at radius 2 is 1.90 bits per heavy atom. The van der Waals surface area contributed by atoms with Crippen LogP contribution >= 0.6 is 0 Å². The van der Waals surface area contributed by atoms with E-state index in [0.29, 0.717) is 13.2 Å². The molecule has 2 heterocycles. The number of nitrogens with one attached hydrogen (secondary N) is 1. The number of unbranched alkanes of at least 4 members (excludes halogenated alkanes) is 1. The van der Waals surface area contributed by atoms with Crippen molar-refractivity contribution in [1.29, 1.82) is 0 Å². The number of aromatic amines is 1. The first-order valence-corrected chi connectivity index (χ1v) is 10.6. The number of rotatable bonds is 8. The molecular weight excluding hydrogens is 374 g/mol. The minimum Gasteiger partial charge on any atom is -0.494 e. The van der Waals surface area contributed by atoms with Crippen LogP contribution in [0.15, 0.2) is 42.5 Å². The average Bonchev–Trinajstić information content (AvgIpc) is 3.11. The second-order valence-electron chi connectivity index (χ2n) is 7.53. The van der Waals surface area contributed by atoms with Crippen LogP contribution in [0.5, 0.6) is 11.5 Å². The summed E-state index contributed by atoms with van der Waals surface area (Å²) in [6.45, 7) is 5.37. The summed E-state index contributed by atoms with van der Waals surface area (Å²) in [6.07, 6.45) is 3.00. The number of benzene rings is 2. The van der Waals surface area contributed by atoms with Crippen molar-refractivity contribution in [1.82, 2.24) is 9.97 Å². The van der Waals surface area contributed by atoms with Crippen LogP contribution in [0.4, 0.5) is 0 Å². The molecule has 2 aromatic carbocycles. The van der Waals surface area contributed by atoms with Crippen LogP contribution in [0.2, 0.25) is 0 Å². The summed E-state index contributed by atoms with van der Waals surface area (Å²) in [6, 6.07) is 14.6. The molecule has 0 spiro atoms. The number of nitrogens with two attached hydrogens (primary N) is 1. The largest absolute Gasteiger partial charge is 0.494 e. The Kier molecular flexibility index (Phi) is 5.91. The third kappa shape index (κ3) is 3.73. The molecule has 0 radical (unpaired) electrons. The third-order valence-corrected chi connectivity index (χ3v) is 5.52. The molecule has 0 aliphatic rings. The van der Waals surface area contributed by atoms with Crippen molar-refractivity contribution >= 4 is 21.8 Å². The van der Waals surface area contributed by atoms with Crippen LogP contribution in [0.25, 0.3) is 33.1 Å². The van der Waals surface area contributed by atoms with Crippen molar-refractivity contribution in [2.75, 3.05) is 20.3 Å². The normalized spacial score (nSPS) is 11.3. The van der Waals surface area contributed by atoms with Crippen molar-refractivity contribution in [3.63, 3.8) is 0 Å². The van der Waals surface area contributed by atoms with Crippen molar-refractivity contribution in [2.24, 2.45) is 5.73 Å². The Balaban J connectivity index is 1.94. The van der Waals surface area contributed by atoms with Crippen molar-refractivity contribution < 1.29 is 9.47 Å². The molecule has 4 aromatic rings. The molecule has 0 aliphatic carbocycles. The number of aryl methyl sites for hydroxylation is 2. The fourth-order valence-corrected chi connectivity index (χ4v) is 4.09. The van der Waals surface area contributed by atoms with Gasteiger partial charge in [0.1, 0.15) is 17.0 Å². The number of pyridine rings is 1. The fourth-order valence-electron chi connectivity index (χ4n) is 4.09. The predicted molar refractivity (Wildman–Crippen MR) is 123 cm³/mol. The highest BCUT2D eigenvalue weighted by molar-refractivity contribution is 6.01. The van der Waals surface area contributed by atoms with Gasteiger partial charge in [-0.25, -0.2) is 4.98 Å². The highest BCUT2D eigenvalue weighted by Gasteiger charge is 2.18. The fraction of sp³-hybridized carbons (Fsp3) is 0.320. The monoisotopic (exact) mass is 403 g/mol. The molecule has 0 bridgehead atoms. The molecule has 0 amide bonds. The van der Waals surface area contributed by atoms with E-state index in [9.17, 15) is 0 Å². The van der Waals surface area contributed by atoms with E-state index in [1.165, 1.54) is 10.9 Å². The van der Waals surface area contributed by atoms with Crippen molar-refractivity contribution in [2.45, 2.75) is 33.1 Å². The number of nitrogens with zero attached hydrogens (tertiary/aromatic N) is 1. The van der Waals surface area contributed by atoms with E-state index < -0.39 is 0 Å². The molecule has 0 saturated heterocycles. The van der Waals surface area contributed by atoms with E-state index in [1.807, 2.05) is 26.0 Å². The van der Waals surface area contributed by atoms with Crippen LogP contribution in [0.3, 0.4) is 0 Å². The standard InChI is InChI=1S/C25H29N3O2/c1-4-30-17-9-12-22-21(15-17)18(7-5-6-14-26)24(28-22)19-11-13-23(29-3)25-20(19)10-8-16(2)27-25/h8-13,15,28H,4-7,14,26H2,1-3H3. The summed E-state index contributed by atoms with van der Waals surface area (Å²) < 4.78 is 11.3. The van der Waals surface area contributed by atoms with Gasteiger partial charge in [0, 0.05) is 27.5 Å². The molecule has 0 saturated carbocycles. The molecule has 156 valence electrons. The van der Waals surface area contributed by atoms with Gasteiger partial charge in [-0.2, -0.15) is 0 Å². The number of hydrogen-bond donors (Lipinski definition) is 2. The summed E-state index contributed by atoms with van der Waals surface area (Å²) in [4.78, 5) is 8.42. The highest BCUT2D eigenvalue weighted by Crippen LogP contribution is 2.39. The van der Waals surface area contributed by atoms with Crippen LogP contribution in [-0.4, -0.2) is 30.2 Å². The number of fused-ring (bicyclic) bond motifs is 2. The molecule has 0 fully saturated rings. The van der Waals surface area contributed by atoms with E-state index in [0.717, 1.165) is 64.1 Å². The lowest BCUT2D eigenvalue weighted by molar-refractivity contribution is 0.340. The Hall–Kier alpha value is -3.05. The van der Waals surface area contributed by atoms with E-state index >= 15 is 0 Å². The van der Waals surface area contributed by atoms with Gasteiger partial charge in [0.15, 0.2) is 0 Å². The molecule has 3 N–H and O–H groups in total. The molecule has 0 atom stereocenters. The Morgan fingerprint density at radius 1 is 1.03 bits per heavy atom. The first-order chi connectivity index (χ1) is 14.7. The Bertz CT molecular complexity index is 1180. The van der Waals surface area contributed by atoms with Gasteiger partial charge in [-0.1, -0.05) is 6.07 Å². The topological polar surface area (TPSA) is 73.2 Å². The zero-order valence-electron chi connectivity index (χ0n) is 17.9. The lowest BCUT2D eigenvalue weighted by Crippen LogP contribution is -1.99. The summed E-state index contributed by atoms with van der Waals surface area (Å²) in [5.74, 6) is 1.68. The van der Waals surface area contributed by atoms with Gasteiger partial charge in [-0.15, -0.1) is 0 Å². The van der Waals surface area contributed by atoms with E-state index in [4.69, 9.17) is 20.2 Å². The number of hydrogen-bond acceptors (Lipinski definition) is 4. The second kappa shape index (κ2) is 8.76. The molecule has 2 aromatic heterocycles. The maximum absolute atomic E-state index is 5.76. The van der Waals surface area contributed by atoms with Gasteiger partial charge in [0.25, 0.3) is 0 Å². The van der Waals surface area contributed by atoms with Crippen LogP contribution in [0.1, 0.15) is 31.0 Å². The van der Waals surface area contributed by atoms with Crippen LogP contribution < -0.4 is 15.2 Å². The quantitative estimate of drug-likeness (QED) is 0.387. The first-order valence-electron chi connectivity index (χ1n) is 10.6. The number of H-pyrrole nitrogens is 1. The third-order valence-electron chi connectivity index (χ3n) is 5.52. The van der Waals surface area contributed by atoms with Crippen LogP contribution in [-0.2, 0) is 6.42 Å². The van der Waals surface area contributed by atoms with Gasteiger partial charge in [0.05, 0.1) is 19.4 Å². The molecule has 4 rings (SSSR count).